The Morgan fingerprint density at radius 3 is 2.74 bits per heavy atom. The quantitative estimate of drug-likeness (QED) is 0.585. The number of carbonyl (C=O) groups is 1. The number of carbonyl (C=O) groups excluding carboxylic acids is 1. The van der Waals surface area contributed by atoms with Gasteiger partial charge in [-0.15, -0.1) is 0 Å². The van der Waals surface area contributed by atoms with Crippen LogP contribution in [0.5, 0.6) is 5.75 Å². The number of anilines is 1. The van der Waals surface area contributed by atoms with Gasteiger partial charge in [0.25, 0.3) is 0 Å². The molecule has 19 heavy (non-hydrogen) atoms. The Bertz CT molecular complexity index is 418. The molecule has 1 aromatic rings. The molecule has 0 spiro atoms. The van der Waals surface area contributed by atoms with Crippen LogP contribution in [0.3, 0.4) is 0 Å². The molecule has 0 saturated heterocycles. The number of phenols is 1. The highest BCUT2D eigenvalue weighted by Crippen LogP contribution is 2.21. The summed E-state index contributed by atoms with van der Waals surface area (Å²) < 4.78 is 5.26. The molecule has 0 bridgehead atoms. The van der Waals surface area contributed by atoms with Gasteiger partial charge in [0.2, 0.25) is 0 Å². The Morgan fingerprint density at radius 2 is 2.16 bits per heavy atom. The van der Waals surface area contributed by atoms with Gasteiger partial charge in [-0.2, -0.15) is 0 Å². The number of unbranched alkanes of at least 4 members (excludes halogenated alkanes) is 1. The van der Waals surface area contributed by atoms with Gasteiger partial charge in [-0.05, 0) is 24.5 Å². The highest BCUT2D eigenvalue weighted by Gasteiger charge is 2.15. The van der Waals surface area contributed by atoms with E-state index in [-0.39, 0.29) is 11.3 Å². The first-order valence-electron chi connectivity index (χ1n) is 6.84. The van der Waals surface area contributed by atoms with Crippen molar-refractivity contribution in [3.63, 3.8) is 0 Å². The van der Waals surface area contributed by atoms with Crippen molar-refractivity contribution in [1.29, 1.82) is 0 Å². The molecule has 4 nitrogen and oxygen atoms in total. The summed E-state index contributed by atoms with van der Waals surface area (Å²) in [5.74, 6) is -0.237. The number of hydrogen-bond donors (Lipinski definition) is 2. The molecule has 0 aliphatic carbocycles. The van der Waals surface area contributed by atoms with Crippen molar-refractivity contribution in [2.75, 3.05) is 12.3 Å². The minimum atomic E-state index is -0.493. The first-order chi connectivity index (χ1) is 9.08. The van der Waals surface area contributed by atoms with Crippen LogP contribution >= 0.6 is 0 Å². The Labute approximate surface area is 114 Å². The molecule has 1 aromatic carbocycles. The first kappa shape index (κ1) is 15.3. The number of nitrogen functional groups attached to an aromatic ring is 1. The van der Waals surface area contributed by atoms with Crippen LogP contribution in [0.15, 0.2) is 18.2 Å². The van der Waals surface area contributed by atoms with Crippen molar-refractivity contribution < 1.29 is 14.6 Å². The molecule has 1 atom stereocenters. The maximum Gasteiger partial charge on any atom is 0.341 e. The molecular formula is C15H23NO3. The van der Waals surface area contributed by atoms with Gasteiger partial charge in [-0.3, -0.25) is 0 Å². The lowest BCUT2D eigenvalue weighted by molar-refractivity contribution is 0.0425. The third-order valence-electron chi connectivity index (χ3n) is 3.24. The SMILES string of the molecule is CCCCC(CC)COC(=O)c1ccc(N)cc1O. The monoisotopic (exact) mass is 265 g/mol. The van der Waals surface area contributed by atoms with Gasteiger partial charge >= 0.3 is 5.97 Å². The molecule has 4 heteroatoms. The van der Waals surface area contributed by atoms with E-state index in [1.54, 1.807) is 6.07 Å². The van der Waals surface area contributed by atoms with E-state index in [9.17, 15) is 9.90 Å². The average molecular weight is 265 g/mol. The van der Waals surface area contributed by atoms with E-state index in [1.807, 2.05) is 0 Å². The Balaban J connectivity index is 2.54. The standard InChI is InChI=1S/C15H23NO3/c1-3-5-6-11(4-2)10-19-15(18)13-8-7-12(16)9-14(13)17/h7-9,11,17H,3-6,10,16H2,1-2H3. The van der Waals surface area contributed by atoms with Crippen LogP contribution in [0.2, 0.25) is 0 Å². The Morgan fingerprint density at radius 1 is 1.42 bits per heavy atom. The lowest BCUT2D eigenvalue weighted by Gasteiger charge is -2.15. The first-order valence-corrected chi connectivity index (χ1v) is 6.84. The van der Waals surface area contributed by atoms with Crippen molar-refractivity contribution in [3.8, 4) is 5.75 Å². The second-order valence-corrected chi connectivity index (χ2v) is 4.79. The van der Waals surface area contributed by atoms with E-state index < -0.39 is 5.97 Å². The molecular weight excluding hydrogens is 242 g/mol. The molecule has 0 radical (unpaired) electrons. The van der Waals surface area contributed by atoms with Gasteiger partial charge in [-0.25, -0.2) is 4.79 Å². The molecule has 0 saturated carbocycles. The Hall–Kier alpha value is -1.71. The second kappa shape index (κ2) is 7.67. The lowest BCUT2D eigenvalue weighted by atomic mass is 10.0. The van der Waals surface area contributed by atoms with Crippen molar-refractivity contribution in [2.24, 2.45) is 5.92 Å². The van der Waals surface area contributed by atoms with Crippen molar-refractivity contribution in [2.45, 2.75) is 39.5 Å². The molecule has 0 aliphatic rings. The summed E-state index contributed by atoms with van der Waals surface area (Å²) in [4.78, 5) is 11.8. The highest BCUT2D eigenvalue weighted by atomic mass is 16.5. The van der Waals surface area contributed by atoms with Gasteiger partial charge < -0.3 is 15.6 Å². The number of nitrogens with two attached hydrogens (primary N) is 1. The number of benzene rings is 1. The van der Waals surface area contributed by atoms with E-state index in [1.165, 1.54) is 12.1 Å². The molecule has 0 amide bonds. The van der Waals surface area contributed by atoms with E-state index in [4.69, 9.17) is 10.5 Å². The summed E-state index contributed by atoms with van der Waals surface area (Å²) in [5.41, 5.74) is 6.10. The van der Waals surface area contributed by atoms with Crippen molar-refractivity contribution in [3.05, 3.63) is 23.8 Å². The van der Waals surface area contributed by atoms with Crippen molar-refractivity contribution >= 4 is 11.7 Å². The predicted octanol–water partition coefficient (Wildman–Crippen LogP) is 3.35. The fourth-order valence-electron chi connectivity index (χ4n) is 1.89. The number of rotatable bonds is 7. The van der Waals surface area contributed by atoms with E-state index in [0.29, 0.717) is 18.2 Å². The molecule has 0 heterocycles. The maximum atomic E-state index is 11.8. The normalized spacial score (nSPS) is 12.1. The van der Waals surface area contributed by atoms with Crippen LogP contribution in [0.1, 0.15) is 49.9 Å². The average Bonchev–Trinajstić information content (AvgIpc) is 2.38. The third-order valence-corrected chi connectivity index (χ3v) is 3.24. The van der Waals surface area contributed by atoms with Crippen LogP contribution in [0, 0.1) is 5.92 Å². The summed E-state index contributed by atoms with van der Waals surface area (Å²) in [7, 11) is 0. The zero-order valence-electron chi connectivity index (χ0n) is 11.7. The van der Waals surface area contributed by atoms with Crippen LogP contribution < -0.4 is 5.73 Å². The molecule has 0 aliphatic heterocycles. The summed E-state index contributed by atoms with van der Waals surface area (Å²) >= 11 is 0. The minimum absolute atomic E-state index is 0.133. The molecule has 1 unspecified atom stereocenters. The van der Waals surface area contributed by atoms with Gasteiger partial charge in [-0.1, -0.05) is 33.1 Å². The second-order valence-electron chi connectivity index (χ2n) is 4.79. The van der Waals surface area contributed by atoms with Gasteiger partial charge in [0, 0.05) is 11.8 Å². The van der Waals surface area contributed by atoms with Crippen LogP contribution in [-0.4, -0.2) is 17.7 Å². The van der Waals surface area contributed by atoms with Crippen LogP contribution in [0.4, 0.5) is 5.69 Å². The number of ether oxygens (including phenoxy) is 1. The third kappa shape index (κ3) is 4.81. The van der Waals surface area contributed by atoms with E-state index >= 15 is 0 Å². The van der Waals surface area contributed by atoms with Gasteiger partial charge in [0.1, 0.15) is 11.3 Å². The molecule has 0 aromatic heterocycles. The largest absolute Gasteiger partial charge is 0.507 e. The molecule has 1 rings (SSSR count). The topological polar surface area (TPSA) is 72.5 Å². The number of aromatic hydroxyl groups is 1. The van der Waals surface area contributed by atoms with E-state index in [2.05, 4.69) is 13.8 Å². The molecule has 0 fully saturated rings. The van der Waals surface area contributed by atoms with Crippen molar-refractivity contribution in [1.82, 2.24) is 0 Å². The highest BCUT2D eigenvalue weighted by molar-refractivity contribution is 5.92. The summed E-state index contributed by atoms with van der Waals surface area (Å²) in [6.45, 7) is 4.64. The number of hydrogen-bond acceptors (Lipinski definition) is 4. The van der Waals surface area contributed by atoms with Gasteiger partial charge in [0.05, 0.1) is 6.61 Å². The lowest BCUT2D eigenvalue weighted by Crippen LogP contribution is -2.14. The zero-order valence-corrected chi connectivity index (χ0v) is 11.7. The smallest absolute Gasteiger partial charge is 0.341 e. The molecule has 106 valence electrons. The van der Waals surface area contributed by atoms with Crippen LogP contribution in [-0.2, 0) is 4.74 Å². The summed E-state index contributed by atoms with van der Waals surface area (Å²) in [5, 5.41) is 9.64. The maximum absolute atomic E-state index is 11.8. The molecule has 3 N–H and O–H groups in total. The fourth-order valence-corrected chi connectivity index (χ4v) is 1.89. The summed E-state index contributed by atoms with van der Waals surface area (Å²) in [6, 6.07) is 4.41. The predicted molar refractivity (Wildman–Crippen MR) is 76.1 cm³/mol. The fraction of sp³-hybridized carbons (Fsp3) is 0.533. The minimum Gasteiger partial charge on any atom is -0.507 e. The zero-order chi connectivity index (χ0) is 14.3. The Kier molecular flexibility index (Phi) is 6.19. The number of phenolic OH excluding ortho intramolecular Hbond substituents is 1. The van der Waals surface area contributed by atoms with E-state index in [0.717, 1.165) is 25.7 Å². The summed E-state index contributed by atoms with van der Waals surface area (Å²) in [6.07, 6.45) is 4.33. The number of esters is 1. The van der Waals surface area contributed by atoms with Crippen LogP contribution in [0.25, 0.3) is 0 Å². The van der Waals surface area contributed by atoms with Gasteiger partial charge in [0.15, 0.2) is 0 Å².